The summed E-state index contributed by atoms with van der Waals surface area (Å²) in [7, 11) is 0. The number of pyridine rings is 1. The van der Waals surface area contributed by atoms with Gasteiger partial charge in [0.2, 0.25) is 5.82 Å². The fourth-order valence-electron chi connectivity index (χ4n) is 2.16. The minimum atomic E-state index is -4.65. The van der Waals surface area contributed by atoms with Gasteiger partial charge in [-0.15, -0.1) is 0 Å². The van der Waals surface area contributed by atoms with Crippen molar-refractivity contribution in [3.8, 4) is 11.3 Å². The van der Waals surface area contributed by atoms with Crippen LogP contribution in [0.25, 0.3) is 22.2 Å². The number of nitrogen functional groups attached to an aromatic ring is 1. The van der Waals surface area contributed by atoms with Crippen LogP contribution in [-0.4, -0.2) is 15.0 Å². The van der Waals surface area contributed by atoms with Crippen LogP contribution in [0.4, 0.5) is 19.0 Å². The second-order valence-corrected chi connectivity index (χ2v) is 4.81. The van der Waals surface area contributed by atoms with Gasteiger partial charge in [0.15, 0.2) is 0 Å². The van der Waals surface area contributed by atoms with Crippen LogP contribution in [0.15, 0.2) is 36.5 Å². The molecule has 0 saturated carbocycles. The zero-order chi connectivity index (χ0) is 15.9. The van der Waals surface area contributed by atoms with Crippen molar-refractivity contribution in [3.63, 3.8) is 0 Å². The third kappa shape index (κ3) is 2.45. The van der Waals surface area contributed by atoms with E-state index in [1.165, 1.54) is 0 Å². The second-order valence-electron chi connectivity index (χ2n) is 4.81. The number of anilines is 1. The molecule has 3 rings (SSSR count). The van der Waals surface area contributed by atoms with Gasteiger partial charge < -0.3 is 5.73 Å². The van der Waals surface area contributed by atoms with Crippen molar-refractivity contribution in [2.24, 2.45) is 0 Å². The predicted molar refractivity (Wildman–Crippen MR) is 76.9 cm³/mol. The zero-order valence-corrected chi connectivity index (χ0v) is 11.5. The van der Waals surface area contributed by atoms with Crippen molar-refractivity contribution < 1.29 is 13.2 Å². The van der Waals surface area contributed by atoms with Crippen LogP contribution in [0.1, 0.15) is 11.4 Å². The second kappa shape index (κ2) is 4.94. The molecule has 3 aromatic rings. The van der Waals surface area contributed by atoms with Gasteiger partial charge in [-0.3, -0.25) is 4.98 Å². The van der Waals surface area contributed by atoms with E-state index in [4.69, 9.17) is 5.73 Å². The summed E-state index contributed by atoms with van der Waals surface area (Å²) in [5.74, 6) is -1.43. The predicted octanol–water partition coefficient (Wildman–Crippen LogP) is 3.60. The average Bonchev–Trinajstić information content (AvgIpc) is 2.48. The Bertz CT molecular complexity index is 859. The van der Waals surface area contributed by atoms with E-state index in [9.17, 15) is 13.2 Å². The summed E-state index contributed by atoms with van der Waals surface area (Å²) in [5.41, 5.74) is 7.36. The lowest BCUT2D eigenvalue weighted by Gasteiger charge is -2.12. The number of nitrogens with two attached hydrogens (primary N) is 1. The van der Waals surface area contributed by atoms with Crippen LogP contribution >= 0.6 is 0 Å². The van der Waals surface area contributed by atoms with E-state index < -0.39 is 12.0 Å². The molecule has 0 fully saturated rings. The van der Waals surface area contributed by atoms with Gasteiger partial charge in [0.1, 0.15) is 5.82 Å². The van der Waals surface area contributed by atoms with Crippen molar-refractivity contribution in [2.45, 2.75) is 13.1 Å². The number of nitrogens with zero attached hydrogens (tertiary/aromatic N) is 3. The van der Waals surface area contributed by atoms with Crippen LogP contribution in [-0.2, 0) is 6.18 Å². The monoisotopic (exact) mass is 304 g/mol. The lowest BCUT2D eigenvalue weighted by molar-refractivity contribution is -0.144. The average molecular weight is 304 g/mol. The Hall–Kier alpha value is -2.70. The number of hydrogen-bond donors (Lipinski definition) is 1. The van der Waals surface area contributed by atoms with Crippen molar-refractivity contribution >= 4 is 16.7 Å². The minimum Gasteiger partial charge on any atom is -0.383 e. The molecule has 2 N–H and O–H groups in total. The SMILES string of the molecule is Cc1c(N)nc(C(F)(F)F)nc1-c1ccc2cccnc2c1. The molecular formula is C15H11F3N4. The zero-order valence-electron chi connectivity index (χ0n) is 11.5. The summed E-state index contributed by atoms with van der Waals surface area (Å²) in [5, 5.41) is 0.891. The number of aromatic nitrogens is 3. The molecule has 0 aliphatic carbocycles. The molecular weight excluding hydrogens is 293 g/mol. The molecule has 0 spiro atoms. The van der Waals surface area contributed by atoms with Crippen LogP contribution in [0.2, 0.25) is 0 Å². The molecule has 0 aliphatic heterocycles. The number of halogens is 3. The maximum atomic E-state index is 12.9. The van der Waals surface area contributed by atoms with Crippen LogP contribution in [0, 0.1) is 6.92 Å². The van der Waals surface area contributed by atoms with E-state index in [0.717, 1.165) is 5.39 Å². The molecule has 2 heterocycles. The Morgan fingerprint density at radius 3 is 2.59 bits per heavy atom. The summed E-state index contributed by atoms with van der Waals surface area (Å²) in [6.07, 6.45) is -3.03. The molecule has 0 saturated heterocycles. The molecule has 0 aliphatic rings. The molecule has 22 heavy (non-hydrogen) atoms. The number of hydrogen-bond acceptors (Lipinski definition) is 4. The Morgan fingerprint density at radius 1 is 1.09 bits per heavy atom. The summed E-state index contributed by atoms with van der Waals surface area (Å²) in [6.45, 7) is 1.59. The highest BCUT2D eigenvalue weighted by Gasteiger charge is 2.36. The molecule has 112 valence electrons. The highest BCUT2D eigenvalue weighted by Crippen LogP contribution is 2.32. The summed E-state index contributed by atoms with van der Waals surface area (Å²) in [4.78, 5) is 11.1. The standard InChI is InChI=1S/C15H11F3N4/c1-8-12(21-14(15(16,17)18)22-13(8)19)10-5-4-9-3-2-6-20-11(9)7-10/h2-7H,1H3,(H2,19,21,22). The van der Waals surface area contributed by atoms with Gasteiger partial charge >= 0.3 is 6.18 Å². The van der Waals surface area contributed by atoms with Crippen LogP contribution in [0.3, 0.4) is 0 Å². The van der Waals surface area contributed by atoms with E-state index in [1.54, 1.807) is 37.4 Å². The molecule has 0 unspecified atom stereocenters. The number of alkyl halides is 3. The van der Waals surface area contributed by atoms with Crippen LogP contribution < -0.4 is 5.73 Å². The van der Waals surface area contributed by atoms with Crippen molar-refractivity contribution in [1.29, 1.82) is 0 Å². The highest BCUT2D eigenvalue weighted by atomic mass is 19.4. The molecule has 0 amide bonds. The first-order valence-corrected chi connectivity index (χ1v) is 6.43. The van der Waals surface area contributed by atoms with Gasteiger partial charge in [-0.2, -0.15) is 13.2 Å². The van der Waals surface area contributed by atoms with E-state index in [2.05, 4.69) is 15.0 Å². The normalized spacial score (nSPS) is 11.8. The van der Waals surface area contributed by atoms with Crippen molar-refractivity contribution in [1.82, 2.24) is 15.0 Å². The smallest absolute Gasteiger partial charge is 0.383 e. The molecule has 0 radical (unpaired) electrons. The quantitative estimate of drug-likeness (QED) is 0.746. The molecule has 0 atom stereocenters. The maximum Gasteiger partial charge on any atom is 0.451 e. The Balaban J connectivity index is 2.23. The first-order chi connectivity index (χ1) is 10.4. The largest absolute Gasteiger partial charge is 0.451 e. The first kappa shape index (κ1) is 14.2. The Labute approximate surface area is 123 Å². The molecule has 2 aromatic heterocycles. The van der Waals surface area contributed by atoms with Gasteiger partial charge in [0.05, 0.1) is 11.2 Å². The molecule has 1 aromatic carbocycles. The third-order valence-corrected chi connectivity index (χ3v) is 3.32. The number of fused-ring (bicyclic) bond motifs is 1. The maximum absolute atomic E-state index is 12.9. The summed E-state index contributed by atoms with van der Waals surface area (Å²) in [6, 6.07) is 8.82. The third-order valence-electron chi connectivity index (χ3n) is 3.32. The summed E-state index contributed by atoms with van der Waals surface area (Å²) < 4.78 is 38.6. The highest BCUT2D eigenvalue weighted by molar-refractivity contribution is 5.84. The van der Waals surface area contributed by atoms with Crippen LogP contribution in [0.5, 0.6) is 0 Å². The van der Waals surface area contributed by atoms with Gasteiger partial charge in [0.25, 0.3) is 0 Å². The molecule has 7 heteroatoms. The van der Waals surface area contributed by atoms with Crippen molar-refractivity contribution in [3.05, 3.63) is 47.9 Å². The molecule has 4 nitrogen and oxygen atoms in total. The topological polar surface area (TPSA) is 64.7 Å². The number of benzene rings is 1. The van der Waals surface area contributed by atoms with Crippen molar-refractivity contribution in [2.75, 3.05) is 5.73 Å². The lowest BCUT2D eigenvalue weighted by atomic mass is 10.0. The van der Waals surface area contributed by atoms with Gasteiger partial charge in [-0.05, 0) is 19.1 Å². The fraction of sp³-hybridized carbons (Fsp3) is 0.133. The lowest BCUT2D eigenvalue weighted by Crippen LogP contribution is -2.14. The summed E-state index contributed by atoms with van der Waals surface area (Å²) >= 11 is 0. The van der Waals surface area contributed by atoms with Gasteiger partial charge in [-0.25, -0.2) is 9.97 Å². The van der Waals surface area contributed by atoms with E-state index >= 15 is 0 Å². The van der Waals surface area contributed by atoms with E-state index in [1.807, 2.05) is 6.07 Å². The minimum absolute atomic E-state index is 0.160. The fourth-order valence-corrected chi connectivity index (χ4v) is 2.16. The van der Waals surface area contributed by atoms with E-state index in [0.29, 0.717) is 16.6 Å². The van der Waals surface area contributed by atoms with E-state index in [-0.39, 0.29) is 11.5 Å². The first-order valence-electron chi connectivity index (χ1n) is 6.43. The van der Waals surface area contributed by atoms with Gasteiger partial charge in [0, 0.05) is 22.7 Å². The van der Waals surface area contributed by atoms with Gasteiger partial charge in [-0.1, -0.05) is 18.2 Å². The number of rotatable bonds is 1. The molecule has 0 bridgehead atoms. The Morgan fingerprint density at radius 2 is 1.86 bits per heavy atom. The Kier molecular flexibility index (Phi) is 3.20.